The predicted octanol–water partition coefficient (Wildman–Crippen LogP) is 0.236. The van der Waals surface area contributed by atoms with E-state index in [0.29, 0.717) is 12.7 Å². The van der Waals surface area contributed by atoms with Gasteiger partial charge >= 0.3 is 0 Å². The standard InChI is InChI=1S/C12H22N4O2/c1-17-9-7-16-10-14-15-12(16)4-8-18-11-2-5-13-6-3-11/h10-11,13H,2-9H2,1H3. The Balaban J connectivity index is 1.70. The number of methoxy groups -OCH3 is 1. The first-order chi connectivity index (χ1) is 8.90. The van der Waals surface area contributed by atoms with Gasteiger partial charge in [0, 0.05) is 20.1 Å². The Morgan fingerprint density at radius 2 is 2.22 bits per heavy atom. The first kappa shape index (κ1) is 13.5. The lowest BCUT2D eigenvalue weighted by Gasteiger charge is -2.22. The molecule has 0 unspecified atom stereocenters. The molecule has 0 bridgehead atoms. The summed E-state index contributed by atoms with van der Waals surface area (Å²) in [6.45, 7) is 4.33. The van der Waals surface area contributed by atoms with E-state index in [1.807, 2.05) is 4.57 Å². The average molecular weight is 254 g/mol. The summed E-state index contributed by atoms with van der Waals surface area (Å²) >= 11 is 0. The lowest BCUT2D eigenvalue weighted by Crippen LogP contribution is -2.32. The minimum Gasteiger partial charge on any atom is -0.383 e. The molecule has 2 rings (SSSR count). The predicted molar refractivity (Wildman–Crippen MR) is 67.4 cm³/mol. The van der Waals surface area contributed by atoms with Crippen LogP contribution < -0.4 is 5.32 Å². The summed E-state index contributed by atoms with van der Waals surface area (Å²) in [5.74, 6) is 0.973. The van der Waals surface area contributed by atoms with Crippen molar-refractivity contribution in [3.05, 3.63) is 12.2 Å². The summed E-state index contributed by atoms with van der Waals surface area (Å²) in [5, 5.41) is 11.4. The zero-order valence-corrected chi connectivity index (χ0v) is 11.0. The first-order valence-corrected chi connectivity index (χ1v) is 6.58. The summed E-state index contributed by atoms with van der Waals surface area (Å²) < 4.78 is 12.9. The van der Waals surface area contributed by atoms with Crippen molar-refractivity contribution in [3.63, 3.8) is 0 Å². The van der Waals surface area contributed by atoms with Gasteiger partial charge in [0.15, 0.2) is 0 Å². The van der Waals surface area contributed by atoms with Crippen molar-refractivity contribution < 1.29 is 9.47 Å². The van der Waals surface area contributed by atoms with E-state index in [1.54, 1.807) is 13.4 Å². The van der Waals surface area contributed by atoms with Crippen molar-refractivity contribution in [1.29, 1.82) is 0 Å². The number of nitrogens with one attached hydrogen (secondary N) is 1. The van der Waals surface area contributed by atoms with Gasteiger partial charge in [-0.1, -0.05) is 0 Å². The van der Waals surface area contributed by atoms with Crippen LogP contribution in [0.25, 0.3) is 0 Å². The molecule has 0 aliphatic carbocycles. The van der Waals surface area contributed by atoms with Crippen LogP contribution in [-0.4, -0.2) is 54.3 Å². The summed E-state index contributed by atoms with van der Waals surface area (Å²) in [7, 11) is 1.70. The van der Waals surface area contributed by atoms with Crippen molar-refractivity contribution in [2.24, 2.45) is 0 Å². The molecule has 0 aromatic carbocycles. The van der Waals surface area contributed by atoms with Crippen LogP contribution in [0.3, 0.4) is 0 Å². The van der Waals surface area contributed by atoms with Crippen molar-refractivity contribution >= 4 is 0 Å². The Bertz CT molecular complexity index is 337. The number of piperidine rings is 1. The highest BCUT2D eigenvalue weighted by Crippen LogP contribution is 2.08. The molecule has 1 aliphatic heterocycles. The maximum Gasteiger partial charge on any atom is 0.135 e. The van der Waals surface area contributed by atoms with Gasteiger partial charge in [-0.15, -0.1) is 10.2 Å². The normalized spacial score (nSPS) is 17.2. The molecular weight excluding hydrogens is 232 g/mol. The lowest BCUT2D eigenvalue weighted by atomic mass is 10.1. The molecule has 0 amide bonds. The molecule has 1 fully saturated rings. The van der Waals surface area contributed by atoms with E-state index in [0.717, 1.165) is 51.3 Å². The fraction of sp³-hybridized carbons (Fsp3) is 0.833. The first-order valence-electron chi connectivity index (χ1n) is 6.58. The Morgan fingerprint density at radius 1 is 1.39 bits per heavy atom. The van der Waals surface area contributed by atoms with Crippen LogP contribution >= 0.6 is 0 Å². The van der Waals surface area contributed by atoms with Crippen LogP contribution in [0.4, 0.5) is 0 Å². The minimum absolute atomic E-state index is 0.404. The highest BCUT2D eigenvalue weighted by Gasteiger charge is 2.13. The van der Waals surface area contributed by atoms with E-state index in [4.69, 9.17) is 9.47 Å². The molecule has 6 heteroatoms. The summed E-state index contributed by atoms with van der Waals surface area (Å²) in [5.41, 5.74) is 0. The number of hydrogen-bond acceptors (Lipinski definition) is 5. The van der Waals surface area contributed by atoms with Gasteiger partial charge in [0.25, 0.3) is 0 Å². The Hall–Kier alpha value is -0.980. The second kappa shape index (κ2) is 7.45. The number of ether oxygens (including phenoxy) is 2. The molecule has 102 valence electrons. The number of hydrogen-bond donors (Lipinski definition) is 1. The van der Waals surface area contributed by atoms with Crippen LogP contribution in [0.1, 0.15) is 18.7 Å². The molecule has 1 aromatic heterocycles. The Labute approximate surface area is 108 Å². The Kier molecular flexibility index (Phi) is 5.57. The zero-order chi connectivity index (χ0) is 12.6. The number of rotatable bonds is 7. The van der Waals surface area contributed by atoms with Crippen LogP contribution in [0.15, 0.2) is 6.33 Å². The van der Waals surface area contributed by atoms with Crippen molar-refractivity contribution in [2.45, 2.75) is 31.9 Å². The quantitative estimate of drug-likeness (QED) is 0.755. The highest BCUT2D eigenvalue weighted by molar-refractivity contribution is 4.86. The molecule has 0 saturated carbocycles. The molecule has 2 heterocycles. The van der Waals surface area contributed by atoms with Gasteiger partial charge in [-0.05, 0) is 25.9 Å². The zero-order valence-electron chi connectivity index (χ0n) is 11.0. The lowest BCUT2D eigenvalue weighted by molar-refractivity contribution is 0.0338. The van der Waals surface area contributed by atoms with Crippen molar-refractivity contribution in [2.75, 3.05) is 33.4 Å². The smallest absolute Gasteiger partial charge is 0.135 e. The van der Waals surface area contributed by atoms with Crippen LogP contribution in [-0.2, 0) is 22.4 Å². The Morgan fingerprint density at radius 3 is 3.00 bits per heavy atom. The van der Waals surface area contributed by atoms with E-state index in [1.165, 1.54) is 0 Å². The largest absolute Gasteiger partial charge is 0.383 e. The van der Waals surface area contributed by atoms with Crippen LogP contribution in [0, 0.1) is 0 Å². The summed E-state index contributed by atoms with van der Waals surface area (Å²) in [6, 6.07) is 0. The molecule has 1 saturated heterocycles. The second-order valence-electron chi connectivity index (χ2n) is 4.50. The fourth-order valence-corrected chi connectivity index (χ4v) is 2.13. The molecule has 0 atom stereocenters. The minimum atomic E-state index is 0.404. The molecule has 0 radical (unpaired) electrons. The van der Waals surface area contributed by atoms with Gasteiger partial charge < -0.3 is 19.4 Å². The van der Waals surface area contributed by atoms with Gasteiger partial charge in [0.1, 0.15) is 12.2 Å². The van der Waals surface area contributed by atoms with Gasteiger partial charge in [-0.3, -0.25) is 0 Å². The molecule has 1 aliphatic rings. The van der Waals surface area contributed by atoms with E-state index >= 15 is 0 Å². The van der Waals surface area contributed by atoms with E-state index in [9.17, 15) is 0 Å². The van der Waals surface area contributed by atoms with Crippen LogP contribution in [0.2, 0.25) is 0 Å². The van der Waals surface area contributed by atoms with Crippen molar-refractivity contribution in [1.82, 2.24) is 20.1 Å². The molecule has 1 aromatic rings. The van der Waals surface area contributed by atoms with Gasteiger partial charge in [0.05, 0.1) is 19.3 Å². The third kappa shape index (κ3) is 4.04. The van der Waals surface area contributed by atoms with Crippen molar-refractivity contribution in [3.8, 4) is 0 Å². The van der Waals surface area contributed by atoms with Gasteiger partial charge in [-0.25, -0.2) is 0 Å². The van der Waals surface area contributed by atoms with Crippen LogP contribution in [0.5, 0.6) is 0 Å². The highest BCUT2D eigenvalue weighted by atomic mass is 16.5. The summed E-state index contributed by atoms with van der Waals surface area (Å²) in [4.78, 5) is 0. The fourth-order valence-electron chi connectivity index (χ4n) is 2.13. The third-order valence-corrected chi connectivity index (χ3v) is 3.20. The maximum absolute atomic E-state index is 5.86. The topological polar surface area (TPSA) is 61.2 Å². The SMILES string of the molecule is COCCn1cnnc1CCOC1CCNCC1. The molecule has 18 heavy (non-hydrogen) atoms. The number of aromatic nitrogens is 3. The number of nitrogens with zero attached hydrogens (tertiary/aromatic N) is 3. The van der Waals surface area contributed by atoms with Gasteiger partial charge in [-0.2, -0.15) is 0 Å². The molecule has 0 spiro atoms. The maximum atomic E-state index is 5.86. The van der Waals surface area contributed by atoms with E-state index < -0.39 is 0 Å². The molecular formula is C12H22N4O2. The second-order valence-corrected chi connectivity index (χ2v) is 4.50. The van der Waals surface area contributed by atoms with E-state index in [2.05, 4.69) is 15.5 Å². The monoisotopic (exact) mass is 254 g/mol. The van der Waals surface area contributed by atoms with Gasteiger partial charge in [0.2, 0.25) is 0 Å². The molecule has 1 N–H and O–H groups in total. The third-order valence-electron chi connectivity index (χ3n) is 3.20. The summed E-state index contributed by atoms with van der Waals surface area (Å²) in [6.07, 6.45) is 5.18. The van der Waals surface area contributed by atoms with E-state index in [-0.39, 0.29) is 0 Å². The average Bonchev–Trinajstić information content (AvgIpc) is 2.85. The molecule has 6 nitrogen and oxygen atoms in total.